The van der Waals surface area contributed by atoms with Gasteiger partial charge in [-0.2, -0.15) is 5.10 Å². The van der Waals surface area contributed by atoms with Gasteiger partial charge in [-0.15, -0.1) is 0 Å². The van der Waals surface area contributed by atoms with Gasteiger partial charge >= 0.3 is 5.97 Å². The van der Waals surface area contributed by atoms with Crippen molar-refractivity contribution in [1.29, 1.82) is 0 Å². The van der Waals surface area contributed by atoms with E-state index in [1.54, 1.807) is 4.68 Å². The summed E-state index contributed by atoms with van der Waals surface area (Å²) >= 11 is 0. The van der Waals surface area contributed by atoms with Gasteiger partial charge in [0.15, 0.2) is 0 Å². The molecule has 0 aromatic carbocycles. The monoisotopic (exact) mass is 180 g/mol. The molecule has 1 aromatic heterocycles. The first-order chi connectivity index (χ1) is 6.09. The number of nitrogens with zero attached hydrogens (tertiary/aromatic N) is 2. The average molecular weight is 180 g/mol. The standard InChI is InChI=1S/C9H12N2O2/c1-5-4-7-8(9(12)13-5)6(2)11(3)10-7/h5H,4H2,1-3H3. The number of carbonyl (C=O) groups excluding carboxylic acids is 1. The Morgan fingerprint density at radius 3 is 3.00 bits per heavy atom. The van der Waals surface area contributed by atoms with Gasteiger partial charge < -0.3 is 4.74 Å². The number of hydrogen-bond donors (Lipinski definition) is 0. The Morgan fingerprint density at radius 1 is 1.62 bits per heavy atom. The normalized spacial score (nSPS) is 21.2. The second kappa shape index (κ2) is 2.58. The van der Waals surface area contributed by atoms with E-state index in [1.165, 1.54) is 0 Å². The first-order valence-electron chi connectivity index (χ1n) is 4.33. The van der Waals surface area contributed by atoms with Crippen molar-refractivity contribution < 1.29 is 9.53 Å². The van der Waals surface area contributed by atoms with Crippen LogP contribution in [0.3, 0.4) is 0 Å². The van der Waals surface area contributed by atoms with Crippen molar-refractivity contribution in [2.24, 2.45) is 7.05 Å². The van der Waals surface area contributed by atoms with Crippen LogP contribution in [0.5, 0.6) is 0 Å². The zero-order chi connectivity index (χ0) is 9.59. The smallest absolute Gasteiger partial charge is 0.342 e. The summed E-state index contributed by atoms with van der Waals surface area (Å²) in [7, 11) is 1.84. The van der Waals surface area contributed by atoms with Crippen molar-refractivity contribution in [3.63, 3.8) is 0 Å². The topological polar surface area (TPSA) is 44.1 Å². The van der Waals surface area contributed by atoms with Crippen LogP contribution in [-0.2, 0) is 18.2 Å². The molecule has 1 aliphatic rings. The van der Waals surface area contributed by atoms with Crippen LogP contribution >= 0.6 is 0 Å². The summed E-state index contributed by atoms with van der Waals surface area (Å²) in [5.41, 5.74) is 2.40. The SMILES string of the molecule is Cc1c2c(nn1C)CC(C)OC2=O. The summed E-state index contributed by atoms with van der Waals surface area (Å²) in [5.74, 6) is -0.237. The summed E-state index contributed by atoms with van der Waals surface area (Å²) in [6.45, 7) is 3.76. The number of fused-ring (bicyclic) bond motifs is 1. The second-order valence-electron chi connectivity index (χ2n) is 3.45. The summed E-state index contributed by atoms with van der Waals surface area (Å²) in [5, 5.41) is 4.27. The van der Waals surface area contributed by atoms with Gasteiger partial charge in [0, 0.05) is 19.2 Å². The van der Waals surface area contributed by atoms with Crippen LogP contribution < -0.4 is 0 Å². The van der Waals surface area contributed by atoms with Gasteiger partial charge in [-0.1, -0.05) is 0 Å². The highest BCUT2D eigenvalue weighted by atomic mass is 16.5. The molecule has 1 atom stereocenters. The third kappa shape index (κ3) is 1.13. The van der Waals surface area contributed by atoms with Gasteiger partial charge in [-0.3, -0.25) is 4.68 Å². The van der Waals surface area contributed by atoms with Crippen molar-refractivity contribution in [3.05, 3.63) is 17.0 Å². The van der Waals surface area contributed by atoms with Crippen LogP contribution in [0.2, 0.25) is 0 Å². The molecule has 4 nitrogen and oxygen atoms in total. The van der Waals surface area contributed by atoms with Crippen molar-refractivity contribution in [1.82, 2.24) is 9.78 Å². The molecule has 0 spiro atoms. The molecule has 0 bridgehead atoms. The number of carbonyl (C=O) groups is 1. The number of hydrogen-bond acceptors (Lipinski definition) is 3. The van der Waals surface area contributed by atoms with Crippen LogP contribution in [0.15, 0.2) is 0 Å². The first-order valence-corrected chi connectivity index (χ1v) is 4.33. The van der Waals surface area contributed by atoms with E-state index >= 15 is 0 Å². The zero-order valence-corrected chi connectivity index (χ0v) is 8.00. The lowest BCUT2D eigenvalue weighted by Crippen LogP contribution is -2.24. The van der Waals surface area contributed by atoms with Crippen LogP contribution in [0.25, 0.3) is 0 Å². The molecule has 0 saturated heterocycles. The van der Waals surface area contributed by atoms with Crippen molar-refractivity contribution >= 4 is 5.97 Å². The summed E-state index contributed by atoms with van der Waals surface area (Å²) in [6.07, 6.45) is 0.678. The highest BCUT2D eigenvalue weighted by Crippen LogP contribution is 2.22. The molecular formula is C9H12N2O2. The third-order valence-electron chi connectivity index (χ3n) is 2.40. The van der Waals surface area contributed by atoms with Crippen molar-refractivity contribution in [2.45, 2.75) is 26.4 Å². The lowest BCUT2D eigenvalue weighted by molar-refractivity contribution is 0.0298. The predicted molar refractivity (Wildman–Crippen MR) is 46.5 cm³/mol. The number of aromatic nitrogens is 2. The average Bonchev–Trinajstić information content (AvgIpc) is 2.27. The molecule has 2 rings (SSSR count). The summed E-state index contributed by atoms with van der Waals surface area (Å²) in [4.78, 5) is 11.5. The largest absolute Gasteiger partial charge is 0.459 e. The molecule has 0 aliphatic carbocycles. The number of rotatable bonds is 0. The molecule has 1 aromatic rings. The molecule has 13 heavy (non-hydrogen) atoms. The van der Waals surface area contributed by atoms with E-state index in [9.17, 15) is 4.79 Å². The van der Waals surface area contributed by atoms with Crippen LogP contribution in [0, 0.1) is 6.92 Å². The number of ether oxygens (including phenoxy) is 1. The lowest BCUT2D eigenvalue weighted by Gasteiger charge is -2.17. The Hall–Kier alpha value is -1.32. The maximum Gasteiger partial charge on any atom is 0.342 e. The number of esters is 1. The van der Waals surface area contributed by atoms with Gasteiger partial charge in [0.05, 0.1) is 5.69 Å². The minimum absolute atomic E-state index is 0.0469. The first kappa shape index (κ1) is 8.29. The van der Waals surface area contributed by atoms with Crippen LogP contribution in [-0.4, -0.2) is 21.9 Å². The molecule has 1 unspecified atom stereocenters. The van der Waals surface area contributed by atoms with E-state index in [0.717, 1.165) is 17.8 Å². The van der Waals surface area contributed by atoms with E-state index in [2.05, 4.69) is 5.10 Å². The lowest BCUT2D eigenvalue weighted by atomic mass is 10.1. The Bertz CT molecular complexity index is 368. The van der Waals surface area contributed by atoms with Gasteiger partial charge in [0.1, 0.15) is 11.7 Å². The molecule has 0 amide bonds. The number of cyclic esters (lactones) is 1. The highest BCUT2D eigenvalue weighted by Gasteiger charge is 2.28. The third-order valence-corrected chi connectivity index (χ3v) is 2.40. The Kier molecular flexibility index (Phi) is 1.65. The predicted octanol–water partition coefficient (Wildman–Crippen LogP) is 0.830. The summed E-state index contributed by atoms with van der Waals surface area (Å²) in [6, 6.07) is 0. The Morgan fingerprint density at radius 2 is 2.31 bits per heavy atom. The van der Waals surface area contributed by atoms with Crippen molar-refractivity contribution in [2.75, 3.05) is 0 Å². The molecule has 70 valence electrons. The molecular weight excluding hydrogens is 168 g/mol. The quantitative estimate of drug-likeness (QED) is 0.555. The van der Waals surface area contributed by atoms with Gasteiger partial charge in [0.25, 0.3) is 0 Å². The molecule has 1 aliphatic heterocycles. The van der Waals surface area contributed by atoms with E-state index in [-0.39, 0.29) is 12.1 Å². The van der Waals surface area contributed by atoms with Crippen molar-refractivity contribution in [3.8, 4) is 0 Å². The van der Waals surface area contributed by atoms with E-state index in [0.29, 0.717) is 5.56 Å². The fourth-order valence-corrected chi connectivity index (χ4v) is 1.64. The molecule has 0 saturated carbocycles. The van der Waals surface area contributed by atoms with Crippen LogP contribution in [0.1, 0.15) is 28.7 Å². The van der Waals surface area contributed by atoms with E-state index in [1.807, 2.05) is 20.9 Å². The van der Waals surface area contributed by atoms with E-state index in [4.69, 9.17) is 4.74 Å². The number of aryl methyl sites for hydroxylation is 1. The molecule has 4 heteroatoms. The minimum atomic E-state index is -0.237. The van der Waals surface area contributed by atoms with Gasteiger partial charge in [-0.05, 0) is 13.8 Å². The van der Waals surface area contributed by atoms with Gasteiger partial charge in [-0.25, -0.2) is 4.79 Å². The molecule has 0 radical (unpaired) electrons. The fraction of sp³-hybridized carbons (Fsp3) is 0.556. The highest BCUT2D eigenvalue weighted by molar-refractivity contribution is 5.92. The molecule has 0 fully saturated rings. The second-order valence-corrected chi connectivity index (χ2v) is 3.45. The van der Waals surface area contributed by atoms with Crippen LogP contribution in [0.4, 0.5) is 0 Å². The van der Waals surface area contributed by atoms with Gasteiger partial charge in [0.2, 0.25) is 0 Å². The molecule has 0 N–H and O–H groups in total. The zero-order valence-electron chi connectivity index (χ0n) is 8.00. The fourth-order valence-electron chi connectivity index (χ4n) is 1.64. The Balaban J connectivity index is 2.55. The molecule has 2 heterocycles. The summed E-state index contributed by atoms with van der Waals surface area (Å²) < 4.78 is 6.84. The minimum Gasteiger partial charge on any atom is -0.459 e. The Labute approximate surface area is 76.5 Å². The maximum absolute atomic E-state index is 11.5. The maximum atomic E-state index is 11.5. The van der Waals surface area contributed by atoms with E-state index < -0.39 is 0 Å².